The Morgan fingerprint density at radius 1 is 1.06 bits per heavy atom. The molecular weight excluding hydrogens is 416 g/mol. The molecule has 5 rings (SSSR count). The highest BCUT2D eigenvalue weighted by molar-refractivity contribution is 6.06. The molecule has 33 heavy (non-hydrogen) atoms. The van der Waals surface area contributed by atoms with E-state index in [0.29, 0.717) is 35.7 Å². The van der Waals surface area contributed by atoms with Crippen LogP contribution in [-0.2, 0) is 6.54 Å². The van der Waals surface area contributed by atoms with E-state index >= 15 is 0 Å². The summed E-state index contributed by atoms with van der Waals surface area (Å²) in [5.41, 5.74) is 3.92. The number of benzene rings is 2. The molecular formula is C26H28N4O3. The third-order valence-electron chi connectivity index (χ3n) is 6.82. The minimum Gasteiger partial charge on any atom is -0.361 e. The van der Waals surface area contributed by atoms with E-state index in [1.807, 2.05) is 53.4 Å². The number of aryl methyl sites for hydroxylation is 2. The molecule has 1 saturated heterocycles. The lowest BCUT2D eigenvalue weighted by Gasteiger charge is -2.29. The number of amides is 2. The molecule has 2 atom stereocenters. The molecule has 170 valence electrons. The molecule has 2 aromatic carbocycles. The first kappa shape index (κ1) is 21.4. The van der Waals surface area contributed by atoms with Gasteiger partial charge in [0, 0.05) is 43.0 Å². The highest BCUT2D eigenvalue weighted by Crippen LogP contribution is 2.35. The summed E-state index contributed by atoms with van der Waals surface area (Å²) >= 11 is 0. The van der Waals surface area contributed by atoms with Crippen LogP contribution in [0.2, 0.25) is 0 Å². The maximum Gasteiger partial charge on any atom is 0.258 e. The average molecular weight is 445 g/mol. The first-order valence-corrected chi connectivity index (χ1v) is 11.4. The second-order valence-corrected chi connectivity index (χ2v) is 8.88. The maximum absolute atomic E-state index is 13.4. The van der Waals surface area contributed by atoms with Gasteiger partial charge in [-0.15, -0.1) is 0 Å². The molecule has 7 heteroatoms. The van der Waals surface area contributed by atoms with Crippen LogP contribution in [-0.4, -0.2) is 47.0 Å². The minimum absolute atomic E-state index is 0.0278. The Labute approximate surface area is 193 Å². The van der Waals surface area contributed by atoms with E-state index in [-0.39, 0.29) is 23.9 Å². The number of hydrogen-bond acceptors (Lipinski definition) is 5. The Morgan fingerprint density at radius 3 is 2.58 bits per heavy atom. The smallest absolute Gasteiger partial charge is 0.258 e. The first-order valence-electron chi connectivity index (χ1n) is 11.4. The van der Waals surface area contributed by atoms with Crippen LogP contribution in [0.5, 0.6) is 0 Å². The van der Waals surface area contributed by atoms with Crippen molar-refractivity contribution in [2.24, 2.45) is 0 Å². The third kappa shape index (κ3) is 4.04. The van der Waals surface area contributed by atoms with Gasteiger partial charge in [-0.1, -0.05) is 41.6 Å². The molecule has 1 aromatic heterocycles. The summed E-state index contributed by atoms with van der Waals surface area (Å²) < 4.78 is 5.14. The number of nitrogens with zero attached hydrogens (tertiary/aromatic N) is 3. The topological polar surface area (TPSA) is 78.7 Å². The Morgan fingerprint density at radius 2 is 1.82 bits per heavy atom. The van der Waals surface area contributed by atoms with E-state index in [4.69, 9.17) is 4.52 Å². The van der Waals surface area contributed by atoms with E-state index in [0.717, 1.165) is 30.6 Å². The van der Waals surface area contributed by atoms with Crippen LogP contribution in [0.15, 0.2) is 59.1 Å². The van der Waals surface area contributed by atoms with Gasteiger partial charge in [0.1, 0.15) is 11.3 Å². The van der Waals surface area contributed by atoms with Crippen LogP contribution >= 0.6 is 0 Å². The summed E-state index contributed by atoms with van der Waals surface area (Å²) in [5.74, 6) is 0.416. The Bertz CT molecular complexity index is 1150. The van der Waals surface area contributed by atoms with Gasteiger partial charge in [-0.25, -0.2) is 0 Å². The van der Waals surface area contributed by atoms with Crippen molar-refractivity contribution in [1.29, 1.82) is 0 Å². The van der Waals surface area contributed by atoms with Crippen molar-refractivity contribution in [3.05, 3.63) is 82.7 Å². The van der Waals surface area contributed by atoms with Crippen LogP contribution < -0.4 is 10.2 Å². The van der Waals surface area contributed by atoms with Gasteiger partial charge in [-0.2, -0.15) is 0 Å². The Kier molecular flexibility index (Phi) is 5.72. The Hall–Kier alpha value is -3.45. The Balaban J connectivity index is 1.36. The minimum atomic E-state index is -0.147. The van der Waals surface area contributed by atoms with Crippen LogP contribution in [0.25, 0.3) is 0 Å². The normalized spacial score (nSPS) is 20.1. The van der Waals surface area contributed by atoms with Crippen molar-refractivity contribution in [3.63, 3.8) is 0 Å². The highest BCUT2D eigenvalue weighted by Gasteiger charge is 2.39. The molecule has 0 bridgehead atoms. The molecule has 0 radical (unpaired) electrons. The number of aromatic nitrogens is 1. The monoisotopic (exact) mass is 444 g/mol. The van der Waals surface area contributed by atoms with Crippen LogP contribution in [0.1, 0.15) is 50.6 Å². The van der Waals surface area contributed by atoms with Crippen LogP contribution in [0.4, 0.5) is 5.69 Å². The van der Waals surface area contributed by atoms with Crippen molar-refractivity contribution >= 4 is 17.5 Å². The average Bonchev–Trinajstić information content (AvgIpc) is 3.32. The first-order chi connectivity index (χ1) is 16.0. The van der Waals surface area contributed by atoms with E-state index in [2.05, 4.69) is 21.4 Å². The third-order valence-corrected chi connectivity index (χ3v) is 6.82. The van der Waals surface area contributed by atoms with Gasteiger partial charge < -0.3 is 14.7 Å². The van der Waals surface area contributed by atoms with Crippen LogP contribution in [0.3, 0.4) is 0 Å². The van der Waals surface area contributed by atoms with E-state index < -0.39 is 0 Å². The summed E-state index contributed by atoms with van der Waals surface area (Å²) in [6, 6.07) is 18.1. The number of anilines is 1. The van der Waals surface area contributed by atoms with E-state index in [1.54, 1.807) is 13.8 Å². The lowest BCUT2D eigenvalue weighted by molar-refractivity contribution is 0.0932. The van der Waals surface area contributed by atoms with Gasteiger partial charge in [-0.05, 0) is 50.5 Å². The van der Waals surface area contributed by atoms with Crippen molar-refractivity contribution in [2.45, 2.75) is 45.3 Å². The number of carbonyl (C=O) groups is 2. The largest absolute Gasteiger partial charge is 0.361 e. The quantitative estimate of drug-likeness (QED) is 0.664. The van der Waals surface area contributed by atoms with Crippen molar-refractivity contribution < 1.29 is 14.1 Å². The predicted molar refractivity (Wildman–Crippen MR) is 125 cm³/mol. The molecule has 3 heterocycles. The number of rotatable bonds is 4. The fourth-order valence-electron chi connectivity index (χ4n) is 5.14. The highest BCUT2D eigenvalue weighted by atomic mass is 16.5. The predicted octanol–water partition coefficient (Wildman–Crippen LogP) is 3.71. The van der Waals surface area contributed by atoms with E-state index in [1.165, 1.54) is 0 Å². The molecule has 2 aliphatic rings. The molecule has 0 saturated carbocycles. The fraction of sp³-hybridized carbons (Fsp3) is 0.346. The molecule has 1 fully saturated rings. The van der Waals surface area contributed by atoms with E-state index in [9.17, 15) is 9.59 Å². The van der Waals surface area contributed by atoms with Gasteiger partial charge in [-0.3, -0.25) is 14.5 Å². The standard InChI is InChI=1S/C26H28N4O3/c1-17-24(18(2)33-28-17)25(31)27-14-21-12-13-22-16-30(26(32)19-8-4-3-5-9-19)23-11-7-6-10-20(23)15-29(21)22/h3-11,21-22H,12-16H2,1-2H3,(H,27,31). The number of hydrogen-bond donors (Lipinski definition) is 1. The van der Waals surface area contributed by atoms with Gasteiger partial charge in [0.05, 0.1) is 5.69 Å². The zero-order chi connectivity index (χ0) is 22.9. The van der Waals surface area contributed by atoms with Crippen LogP contribution in [0, 0.1) is 13.8 Å². The zero-order valence-electron chi connectivity index (χ0n) is 19.0. The molecule has 2 amide bonds. The molecule has 3 aromatic rings. The molecule has 0 aliphatic carbocycles. The SMILES string of the molecule is Cc1noc(C)c1C(=O)NCC1CCC2CN(C(=O)c3ccccc3)c3ccccc3CN12. The lowest BCUT2D eigenvalue weighted by Crippen LogP contribution is -2.46. The van der Waals surface area contributed by atoms with Crippen molar-refractivity contribution in [2.75, 3.05) is 18.0 Å². The van der Waals surface area contributed by atoms with Gasteiger partial charge in [0.15, 0.2) is 0 Å². The fourth-order valence-corrected chi connectivity index (χ4v) is 5.14. The number of fused-ring (bicyclic) bond motifs is 2. The molecule has 2 unspecified atom stereocenters. The lowest BCUT2D eigenvalue weighted by atomic mass is 10.1. The molecule has 7 nitrogen and oxygen atoms in total. The maximum atomic E-state index is 13.4. The zero-order valence-corrected chi connectivity index (χ0v) is 19.0. The summed E-state index contributed by atoms with van der Waals surface area (Å²) in [7, 11) is 0. The molecule has 2 aliphatic heterocycles. The summed E-state index contributed by atoms with van der Waals surface area (Å²) in [6.07, 6.45) is 1.96. The number of carbonyl (C=O) groups excluding carboxylic acids is 2. The van der Waals surface area contributed by atoms with Crippen molar-refractivity contribution in [1.82, 2.24) is 15.4 Å². The second-order valence-electron chi connectivity index (χ2n) is 8.88. The summed E-state index contributed by atoms with van der Waals surface area (Å²) in [4.78, 5) is 30.6. The van der Waals surface area contributed by atoms with Crippen molar-refractivity contribution in [3.8, 4) is 0 Å². The second kappa shape index (κ2) is 8.83. The summed E-state index contributed by atoms with van der Waals surface area (Å²) in [5, 5.41) is 6.97. The number of para-hydroxylation sites is 1. The van der Waals surface area contributed by atoms with Gasteiger partial charge >= 0.3 is 0 Å². The number of nitrogens with one attached hydrogen (secondary N) is 1. The molecule has 0 spiro atoms. The molecule has 1 N–H and O–H groups in total. The summed E-state index contributed by atoms with van der Waals surface area (Å²) in [6.45, 7) is 5.48. The van der Waals surface area contributed by atoms with Gasteiger partial charge in [0.2, 0.25) is 0 Å². The van der Waals surface area contributed by atoms with Gasteiger partial charge in [0.25, 0.3) is 11.8 Å².